The predicted molar refractivity (Wildman–Crippen MR) is 114 cm³/mol. The maximum atomic E-state index is 12.3. The van der Waals surface area contributed by atoms with Gasteiger partial charge in [0.05, 0.1) is 6.42 Å². The van der Waals surface area contributed by atoms with Crippen LogP contribution >= 0.6 is 11.5 Å². The molecule has 0 radical (unpaired) electrons. The summed E-state index contributed by atoms with van der Waals surface area (Å²) in [7, 11) is 0. The molecule has 2 aliphatic rings. The number of aromatic nitrogens is 1. The van der Waals surface area contributed by atoms with Crippen LogP contribution in [0.25, 0.3) is 0 Å². The van der Waals surface area contributed by atoms with E-state index in [0.29, 0.717) is 12.5 Å². The van der Waals surface area contributed by atoms with Crippen LogP contribution in [0.5, 0.6) is 0 Å². The van der Waals surface area contributed by atoms with E-state index in [9.17, 15) is 4.79 Å². The second-order valence-corrected chi connectivity index (χ2v) is 9.18. The Hall–Kier alpha value is -1.72. The highest BCUT2D eigenvalue weighted by Gasteiger charge is 2.23. The number of hydrogen-bond acceptors (Lipinski definition) is 4. The molecule has 1 aromatic carbocycles. The molecule has 1 aliphatic heterocycles. The average Bonchev–Trinajstić information content (AvgIpc) is 3.37. The number of likely N-dealkylation sites (tertiary alicyclic amines) is 1. The summed E-state index contributed by atoms with van der Waals surface area (Å²) < 4.78 is 4.20. The second kappa shape index (κ2) is 9.66. The van der Waals surface area contributed by atoms with Crippen molar-refractivity contribution in [2.45, 2.75) is 64.0 Å². The summed E-state index contributed by atoms with van der Waals surface area (Å²) in [5, 5.41) is 5.36. The van der Waals surface area contributed by atoms with Crippen molar-refractivity contribution in [1.82, 2.24) is 14.6 Å². The van der Waals surface area contributed by atoms with Crippen molar-refractivity contribution in [2.75, 3.05) is 13.1 Å². The van der Waals surface area contributed by atoms with Crippen molar-refractivity contribution in [3.63, 3.8) is 0 Å². The van der Waals surface area contributed by atoms with Crippen LogP contribution in [0.1, 0.15) is 55.2 Å². The Bertz CT molecular complexity index is 738. The van der Waals surface area contributed by atoms with E-state index >= 15 is 0 Å². The molecule has 4 rings (SSSR count). The summed E-state index contributed by atoms with van der Waals surface area (Å²) in [4.78, 5) is 14.8. The van der Waals surface area contributed by atoms with E-state index < -0.39 is 0 Å². The van der Waals surface area contributed by atoms with E-state index in [1.165, 1.54) is 61.4 Å². The molecule has 2 aromatic rings. The Kier molecular flexibility index (Phi) is 6.76. The van der Waals surface area contributed by atoms with E-state index in [1.54, 1.807) is 0 Å². The fourth-order valence-corrected chi connectivity index (χ4v) is 5.15. The maximum Gasteiger partial charge on any atom is 0.224 e. The van der Waals surface area contributed by atoms with Gasteiger partial charge in [-0.1, -0.05) is 43.5 Å². The first kappa shape index (κ1) is 19.6. The zero-order valence-corrected chi connectivity index (χ0v) is 17.4. The molecular formula is C23H31N3OS. The molecule has 4 nitrogen and oxygen atoms in total. The molecule has 1 saturated carbocycles. The molecule has 1 unspecified atom stereocenters. The summed E-state index contributed by atoms with van der Waals surface area (Å²) in [6.07, 6.45) is 11.0. The van der Waals surface area contributed by atoms with Crippen molar-refractivity contribution in [3.05, 3.63) is 52.5 Å². The van der Waals surface area contributed by atoms with Gasteiger partial charge in [-0.25, -0.2) is 4.37 Å². The van der Waals surface area contributed by atoms with Gasteiger partial charge in [-0.3, -0.25) is 9.69 Å². The van der Waals surface area contributed by atoms with Crippen LogP contribution < -0.4 is 5.32 Å². The van der Waals surface area contributed by atoms with E-state index in [4.69, 9.17) is 0 Å². The molecule has 1 N–H and O–H groups in total. The lowest BCUT2D eigenvalue weighted by Gasteiger charge is -2.22. The number of amides is 1. The van der Waals surface area contributed by atoms with Gasteiger partial charge < -0.3 is 5.32 Å². The molecule has 1 aliphatic carbocycles. The molecule has 1 atom stereocenters. The first-order chi connectivity index (χ1) is 13.7. The van der Waals surface area contributed by atoms with Gasteiger partial charge in [-0.2, -0.15) is 0 Å². The number of carbonyl (C=O) groups excluding carboxylic acids is 1. The lowest BCUT2D eigenvalue weighted by Crippen LogP contribution is -2.37. The first-order valence-corrected chi connectivity index (χ1v) is 11.6. The lowest BCUT2D eigenvalue weighted by atomic mass is 9.95. The van der Waals surface area contributed by atoms with Gasteiger partial charge in [0.2, 0.25) is 5.91 Å². The van der Waals surface area contributed by atoms with Crippen molar-refractivity contribution in [2.24, 2.45) is 5.92 Å². The van der Waals surface area contributed by atoms with Gasteiger partial charge in [0.25, 0.3) is 0 Å². The molecule has 2 heterocycles. The lowest BCUT2D eigenvalue weighted by molar-refractivity contribution is -0.121. The highest BCUT2D eigenvalue weighted by molar-refractivity contribution is 7.03. The van der Waals surface area contributed by atoms with Crippen molar-refractivity contribution in [1.29, 1.82) is 0 Å². The number of benzene rings is 1. The monoisotopic (exact) mass is 397 g/mol. The summed E-state index contributed by atoms with van der Waals surface area (Å²) >= 11 is 1.54. The molecule has 0 spiro atoms. The maximum absolute atomic E-state index is 12.3. The Morgan fingerprint density at radius 1 is 1.07 bits per heavy atom. The van der Waals surface area contributed by atoms with Gasteiger partial charge in [0.1, 0.15) is 0 Å². The van der Waals surface area contributed by atoms with Crippen LogP contribution in [0.15, 0.2) is 35.8 Å². The van der Waals surface area contributed by atoms with Gasteiger partial charge in [0.15, 0.2) is 0 Å². The molecular weight excluding hydrogens is 366 g/mol. The van der Waals surface area contributed by atoms with Gasteiger partial charge >= 0.3 is 0 Å². The third-order valence-electron chi connectivity index (χ3n) is 6.14. The summed E-state index contributed by atoms with van der Waals surface area (Å²) in [6, 6.07) is 9.11. The van der Waals surface area contributed by atoms with Crippen LogP contribution in [0.4, 0.5) is 0 Å². The number of nitrogens with zero attached hydrogens (tertiary/aromatic N) is 2. The normalized spacial score (nSPS) is 21.1. The Balaban J connectivity index is 1.21. The van der Waals surface area contributed by atoms with Crippen LogP contribution in [0.3, 0.4) is 0 Å². The number of hydrogen-bond donors (Lipinski definition) is 1. The minimum absolute atomic E-state index is 0.175. The minimum Gasteiger partial charge on any atom is -0.353 e. The third-order valence-corrected chi connectivity index (χ3v) is 6.78. The van der Waals surface area contributed by atoms with Crippen LogP contribution in [-0.2, 0) is 24.2 Å². The van der Waals surface area contributed by atoms with Crippen LogP contribution in [0.2, 0.25) is 0 Å². The zero-order valence-electron chi connectivity index (χ0n) is 16.6. The molecule has 2 fully saturated rings. The summed E-state index contributed by atoms with van der Waals surface area (Å²) in [6.45, 7) is 3.38. The van der Waals surface area contributed by atoms with Crippen molar-refractivity contribution >= 4 is 17.4 Å². The second-order valence-electron chi connectivity index (χ2n) is 8.52. The van der Waals surface area contributed by atoms with E-state index in [0.717, 1.165) is 37.3 Å². The Morgan fingerprint density at radius 3 is 2.61 bits per heavy atom. The van der Waals surface area contributed by atoms with Gasteiger partial charge in [0, 0.05) is 30.7 Å². The largest absolute Gasteiger partial charge is 0.353 e. The molecule has 150 valence electrons. The molecule has 1 saturated heterocycles. The fraction of sp³-hybridized carbons (Fsp3) is 0.565. The first-order valence-electron chi connectivity index (χ1n) is 10.7. The highest BCUT2D eigenvalue weighted by Crippen LogP contribution is 2.23. The Morgan fingerprint density at radius 2 is 1.86 bits per heavy atom. The van der Waals surface area contributed by atoms with E-state index in [1.807, 2.05) is 6.20 Å². The molecule has 1 aromatic heterocycles. The van der Waals surface area contributed by atoms with Gasteiger partial charge in [-0.05, 0) is 66.4 Å². The van der Waals surface area contributed by atoms with Crippen LogP contribution in [-0.4, -0.2) is 34.3 Å². The fourth-order valence-electron chi connectivity index (χ4n) is 4.62. The smallest absolute Gasteiger partial charge is 0.224 e. The molecule has 1 amide bonds. The third kappa shape index (κ3) is 5.65. The standard InChI is InChI=1S/C23H31N3OS/c27-23(25-22-4-2-1-3-5-22)13-19-8-6-18(7-9-19)12-20-10-11-26(15-20)16-21-14-24-28-17-21/h6-9,14,17,20,22H,1-5,10-13,15-16H2,(H,25,27). The molecule has 0 bridgehead atoms. The van der Waals surface area contributed by atoms with Crippen molar-refractivity contribution < 1.29 is 4.79 Å². The molecule has 28 heavy (non-hydrogen) atoms. The number of nitrogens with one attached hydrogen (secondary N) is 1. The van der Waals surface area contributed by atoms with Crippen LogP contribution in [0, 0.1) is 5.92 Å². The number of rotatable bonds is 7. The van der Waals surface area contributed by atoms with E-state index in [-0.39, 0.29) is 5.91 Å². The SMILES string of the molecule is O=C(Cc1ccc(CC2CCN(Cc3cnsc3)C2)cc1)NC1CCCCC1. The summed E-state index contributed by atoms with van der Waals surface area (Å²) in [5.41, 5.74) is 3.84. The topological polar surface area (TPSA) is 45.2 Å². The van der Waals surface area contributed by atoms with Gasteiger partial charge in [-0.15, -0.1) is 0 Å². The van der Waals surface area contributed by atoms with Crippen molar-refractivity contribution in [3.8, 4) is 0 Å². The quantitative estimate of drug-likeness (QED) is 0.762. The highest BCUT2D eigenvalue weighted by atomic mass is 32.1. The summed E-state index contributed by atoms with van der Waals surface area (Å²) in [5.74, 6) is 0.904. The number of carbonyl (C=O) groups is 1. The average molecular weight is 398 g/mol. The van der Waals surface area contributed by atoms with E-state index in [2.05, 4.69) is 44.2 Å². The Labute approximate surface area is 172 Å². The predicted octanol–water partition coefficient (Wildman–Crippen LogP) is 4.20. The molecule has 5 heteroatoms. The zero-order chi connectivity index (χ0) is 19.2. The minimum atomic E-state index is 0.175.